The van der Waals surface area contributed by atoms with Gasteiger partial charge in [-0.3, -0.25) is 9.89 Å². The zero-order valence-electron chi connectivity index (χ0n) is 16.6. The maximum absolute atomic E-state index is 12.4. The Morgan fingerprint density at radius 1 is 1.14 bits per heavy atom. The number of rotatable bonds is 8. The molecule has 0 unspecified atom stereocenters. The van der Waals surface area contributed by atoms with Crippen molar-refractivity contribution in [2.45, 2.75) is 31.6 Å². The van der Waals surface area contributed by atoms with Crippen LogP contribution in [0.3, 0.4) is 0 Å². The van der Waals surface area contributed by atoms with Gasteiger partial charge >= 0.3 is 0 Å². The molecule has 0 aliphatic heterocycles. The van der Waals surface area contributed by atoms with Gasteiger partial charge < -0.3 is 14.8 Å². The van der Waals surface area contributed by atoms with Gasteiger partial charge in [0.05, 0.1) is 14.2 Å². The Labute approximate surface area is 169 Å². The molecule has 3 aromatic rings. The minimum Gasteiger partial charge on any atom is -0.497 e. The summed E-state index contributed by atoms with van der Waals surface area (Å²) in [5.41, 5.74) is 2.61. The van der Waals surface area contributed by atoms with E-state index in [0.717, 1.165) is 34.1 Å². The Bertz CT molecular complexity index is 994. The van der Waals surface area contributed by atoms with Crippen LogP contribution in [0.1, 0.15) is 36.6 Å². The number of ether oxygens (including phenoxy) is 2. The van der Waals surface area contributed by atoms with Crippen LogP contribution in [0.25, 0.3) is 11.4 Å². The second kappa shape index (κ2) is 8.34. The maximum atomic E-state index is 12.4. The first kappa shape index (κ1) is 19.0. The molecule has 4 rings (SSSR count). The lowest BCUT2D eigenvalue weighted by molar-refractivity contribution is -0.116. The van der Waals surface area contributed by atoms with Crippen LogP contribution < -0.4 is 14.8 Å². The number of benzene rings is 2. The summed E-state index contributed by atoms with van der Waals surface area (Å²) in [6.45, 7) is 0. The van der Waals surface area contributed by atoms with E-state index < -0.39 is 0 Å². The third-order valence-electron chi connectivity index (χ3n) is 5.00. The fourth-order valence-corrected chi connectivity index (χ4v) is 3.19. The van der Waals surface area contributed by atoms with Crippen LogP contribution in [0.15, 0.2) is 42.5 Å². The first-order valence-corrected chi connectivity index (χ1v) is 9.69. The molecule has 7 heteroatoms. The van der Waals surface area contributed by atoms with Crippen LogP contribution in [0.4, 0.5) is 5.69 Å². The second-order valence-electron chi connectivity index (χ2n) is 7.12. The average Bonchev–Trinajstić information content (AvgIpc) is 3.49. The van der Waals surface area contributed by atoms with Crippen LogP contribution in [-0.2, 0) is 11.2 Å². The number of aromatic nitrogens is 3. The summed E-state index contributed by atoms with van der Waals surface area (Å²) in [5, 5.41) is 10.2. The van der Waals surface area contributed by atoms with Gasteiger partial charge in [0.15, 0.2) is 5.82 Å². The minimum atomic E-state index is -0.0588. The molecule has 1 heterocycles. The number of nitrogens with zero attached hydrogens (tertiary/aromatic N) is 2. The number of carbonyl (C=O) groups is 1. The first-order chi connectivity index (χ1) is 14.2. The number of methoxy groups -OCH3 is 2. The molecule has 0 spiro atoms. The number of aryl methyl sites for hydroxylation is 1. The molecule has 150 valence electrons. The fraction of sp³-hybridized carbons (Fsp3) is 0.318. The molecule has 2 aromatic carbocycles. The number of aromatic amines is 1. The molecular weight excluding hydrogens is 368 g/mol. The van der Waals surface area contributed by atoms with E-state index in [4.69, 9.17) is 9.47 Å². The van der Waals surface area contributed by atoms with Gasteiger partial charge in [0.25, 0.3) is 0 Å². The molecule has 1 aliphatic rings. The van der Waals surface area contributed by atoms with Gasteiger partial charge in [-0.05, 0) is 67.3 Å². The van der Waals surface area contributed by atoms with Gasteiger partial charge in [-0.25, -0.2) is 4.98 Å². The highest BCUT2D eigenvalue weighted by Gasteiger charge is 2.27. The van der Waals surface area contributed by atoms with Crippen LogP contribution in [-0.4, -0.2) is 35.3 Å². The zero-order valence-corrected chi connectivity index (χ0v) is 16.6. The molecule has 1 aromatic heterocycles. The van der Waals surface area contributed by atoms with Crippen molar-refractivity contribution in [2.24, 2.45) is 0 Å². The van der Waals surface area contributed by atoms with E-state index in [0.29, 0.717) is 24.6 Å². The van der Waals surface area contributed by atoms with Gasteiger partial charge in [-0.1, -0.05) is 0 Å². The lowest BCUT2D eigenvalue weighted by atomic mass is 10.1. The van der Waals surface area contributed by atoms with Gasteiger partial charge in [-0.15, -0.1) is 0 Å². The summed E-state index contributed by atoms with van der Waals surface area (Å²) in [5.74, 6) is 3.63. The molecule has 1 amide bonds. The van der Waals surface area contributed by atoms with Crippen LogP contribution in [0.5, 0.6) is 11.5 Å². The van der Waals surface area contributed by atoms with Crippen LogP contribution in [0.2, 0.25) is 0 Å². The van der Waals surface area contributed by atoms with Crippen LogP contribution in [0, 0.1) is 0 Å². The molecule has 0 radical (unpaired) electrons. The van der Waals surface area contributed by atoms with E-state index in [-0.39, 0.29) is 5.91 Å². The quantitative estimate of drug-likeness (QED) is 0.606. The number of anilines is 1. The third kappa shape index (κ3) is 4.56. The summed E-state index contributed by atoms with van der Waals surface area (Å²) in [7, 11) is 3.24. The lowest BCUT2D eigenvalue weighted by Crippen LogP contribution is -2.12. The monoisotopic (exact) mass is 392 g/mol. The fourth-order valence-electron chi connectivity index (χ4n) is 3.19. The van der Waals surface area contributed by atoms with Gasteiger partial charge in [0, 0.05) is 23.6 Å². The molecule has 2 N–H and O–H groups in total. The van der Waals surface area contributed by atoms with Crippen molar-refractivity contribution >= 4 is 11.6 Å². The van der Waals surface area contributed by atoms with E-state index in [1.165, 1.54) is 12.8 Å². The summed E-state index contributed by atoms with van der Waals surface area (Å²) in [6.07, 6.45) is 3.27. The predicted octanol–water partition coefficient (Wildman–Crippen LogP) is 3.94. The Balaban J connectivity index is 1.35. The number of hydrogen-bond donors (Lipinski definition) is 2. The molecule has 29 heavy (non-hydrogen) atoms. The average molecular weight is 392 g/mol. The topological polar surface area (TPSA) is 89.1 Å². The highest BCUT2D eigenvalue weighted by atomic mass is 16.5. The number of hydrogen-bond acceptors (Lipinski definition) is 5. The Kier molecular flexibility index (Phi) is 5.46. The molecule has 1 fully saturated rings. The second-order valence-corrected chi connectivity index (χ2v) is 7.12. The van der Waals surface area contributed by atoms with Crippen molar-refractivity contribution in [3.8, 4) is 22.9 Å². The number of nitrogens with one attached hydrogen (secondary N) is 2. The van der Waals surface area contributed by atoms with Gasteiger partial charge in [0.2, 0.25) is 5.91 Å². The van der Waals surface area contributed by atoms with E-state index >= 15 is 0 Å². The SMILES string of the molecule is COc1ccc(OC)c(CCC(=O)Nc2ccc(-c3n[nH]c(C4CC4)n3)cc2)c1. The molecule has 0 atom stereocenters. The van der Waals surface area contributed by atoms with Crippen molar-refractivity contribution in [3.63, 3.8) is 0 Å². The molecular formula is C22H24N4O3. The van der Waals surface area contributed by atoms with Crippen molar-refractivity contribution in [2.75, 3.05) is 19.5 Å². The number of H-pyrrole nitrogens is 1. The normalized spacial score (nSPS) is 13.2. The minimum absolute atomic E-state index is 0.0588. The van der Waals surface area contributed by atoms with Gasteiger partial charge in [0.1, 0.15) is 17.3 Å². The molecule has 7 nitrogen and oxygen atoms in total. The molecule has 1 aliphatic carbocycles. The third-order valence-corrected chi connectivity index (χ3v) is 5.00. The summed E-state index contributed by atoms with van der Waals surface area (Å²) >= 11 is 0. The van der Waals surface area contributed by atoms with Crippen LogP contribution >= 0.6 is 0 Å². The zero-order chi connectivity index (χ0) is 20.2. The Morgan fingerprint density at radius 2 is 1.93 bits per heavy atom. The predicted molar refractivity (Wildman–Crippen MR) is 110 cm³/mol. The highest BCUT2D eigenvalue weighted by molar-refractivity contribution is 5.91. The summed E-state index contributed by atoms with van der Waals surface area (Å²) in [6, 6.07) is 13.2. The standard InChI is InChI=1S/C22H24N4O3/c1-28-18-10-11-19(29-2)16(13-18)7-12-20(27)23-17-8-5-15(6-9-17)22-24-21(25-26-22)14-3-4-14/h5-6,8-11,13-14H,3-4,7,12H2,1-2H3,(H,23,27)(H,24,25,26). The number of carbonyl (C=O) groups excluding carboxylic acids is 1. The largest absolute Gasteiger partial charge is 0.497 e. The summed E-state index contributed by atoms with van der Waals surface area (Å²) < 4.78 is 10.6. The van der Waals surface area contributed by atoms with E-state index in [1.54, 1.807) is 14.2 Å². The Morgan fingerprint density at radius 3 is 2.62 bits per heavy atom. The number of amides is 1. The van der Waals surface area contributed by atoms with Crippen molar-refractivity contribution < 1.29 is 14.3 Å². The van der Waals surface area contributed by atoms with Crippen molar-refractivity contribution in [1.29, 1.82) is 0 Å². The maximum Gasteiger partial charge on any atom is 0.224 e. The molecule has 0 saturated heterocycles. The molecule has 1 saturated carbocycles. The van der Waals surface area contributed by atoms with Crippen molar-refractivity contribution in [1.82, 2.24) is 15.2 Å². The lowest BCUT2D eigenvalue weighted by Gasteiger charge is -2.11. The van der Waals surface area contributed by atoms with E-state index in [1.807, 2.05) is 42.5 Å². The smallest absolute Gasteiger partial charge is 0.224 e. The Hall–Kier alpha value is -3.35. The summed E-state index contributed by atoms with van der Waals surface area (Å²) in [4.78, 5) is 16.9. The van der Waals surface area contributed by atoms with E-state index in [2.05, 4.69) is 20.5 Å². The first-order valence-electron chi connectivity index (χ1n) is 9.69. The van der Waals surface area contributed by atoms with E-state index in [9.17, 15) is 4.79 Å². The van der Waals surface area contributed by atoms with Gasteiger partial charge in [-0.2, -0.15) is 5.10 Å². The highest BCUT2D eigenvalue weighted by Crippen LogP contribution is 2.38. The van der Waals surface area contributed by atoms with Crippen molar-refractivity contribution in [3.05, 3.63) is 53.9 Å². The molecule has 0 bridgehead atoms.